The molecule has 3 rings (SSSR count). The summed E-state index contributed by atoms with van der Waals surface area (Å²) in [7, 11) is 0.148. The van der Waals surface area contributed by atoms with Crippen LogP contribution in [0.25, 0.3) is 0 Å². The molecule has 10 heteroatoms. The van der Waals surface area contributed by atoms with E-state index in [0.29, 0.717) is 17.2 Å². The van der Waals surface area contributed by atoms with Crippen LogP contribution in [-0.4, -0.2) is 41.7 Å². The quantitative estimate of drug-likeness (QED) is 0.434. The number of rotatable bonds is 10. The lowest BCUT2D eigenvalue weighted by molar-refractivity contribution is -0.117. The second-order valence-corrected chi connectivity index (χ2v) is 9.33. The van der Waals surface area contributed by atoms with Crippen molar-refractivity contribution in [2.45, 2.75) is 17.4 Å². The predicted octanol–water partition coefficient (Wildman–Crippen LogP) is 3.89. The summed E-state index contributed by atoms with van der Waals surface area (Å²) in [6.45, 7) is 0. The fourth-order valence-corrected chi connectivity index (χ4v) is 4.90. The average Bonchev–Trinajstić information content (AvgIpc) is 2.84. The van der Waals surface area contributed by atoms with E-state index in [1.807, 2.05) is 30.3 Å². The summed E-state index contributed by atoms with van der Waals surface area (Å²) in [4.78, 5) is 13.1. The smallest absolute Gasteiger partial charge is 0.245 e. The Balaban J connectivity index is 1.94. The molecule has 0 aliphatic rings. The van der Waals surface area contributed by atoms with E-state index in [4.69, 9.17) is 25.8 Å². The molecule has 0 saturated carbocycles. The molecule has 8 nitrogen and oxygen atoms in total. The van der Waals surface area contributed by atoms with Crippen LogP contribution in [0.5, 0.6) is 17.2 Å². The van der Waals surface area contributed by atoms with E-state index in [9.17, 15) is 13.2 Å². The maximum Gasteiger partial charge on any atom is 0.245 e. The van der Waals surface area contributed by atoms with Crippen LogP contribution in [0.2, 0.25) is 5.02 Å². The number of benzene rings is 3. The van der Waals surface area contributed by atoms with Gasteiger partial charge in [-0.1, -0.05) is 41.9 Å². The monoisotopic (exact) mass is 504 g/mol. The first-order valence-electron chi connectivity index (χ1n) is 10.2. The molecule has 34 heavy (non-hydrogen) atoms. The van der Waals surface area contributed by atoms with E-state index in [0.717, 1.165) is 5.56 Å². The van der Waals surface area contributed by atoms with Gasteiger partial charge < -0.3 is 19.5 Å². The average molecular weight is 505 g/mol. The summed E-state index contributed by atoms with van der Waals surface area (Å²) in [5.74, 6) is 0.444. The number of nitrogens with one attached hydrogen (secondary N) is 2. The SMILES string of the molecule is COc1ccc(NC(=O)C(Cc2ccccc2)NS(=O)(=O)c2cc(Cl)ccc2OC)c(OC)c1. The van der Waals surface area contributed by atoms with Crippen LogP contribution in [0.3, 0.4) is 0 Å². The second kappa shape index (κ2) is 11.2. The van der Waals surface area contributed by atoms with Crippen molar-refractivity contribution in [2.24, 2.45) is 0 Å². The highest BCUT2D eigenvalue weighted by Crippen LogP contribution is 2.30. The second-order valence-electron chi connectivity index (χ2n) is 7.21. The number of hydrogen-bond donors (Lipinski definition) is 2. The molecular formula is C24H25ClN2O6S. The summed E-state index contributed by atoms with van der Waals surface area (Å²) in [5, 5.41) is 2.96. The summed E-state index contributed by atoms with van der Waals surface area (Å²) < 4.78 is 44.7. The fraction of sp³-hybridized carbons (Fsp3) is 0.208. The van der Waals surface area contributed by atoms with Crippen molar-refractivity contribution in [1.82, 2.24) is 4.72 Å². The van der Waals surface area contributed by atoms with Gasteiger partial charge in [-0.3, -0.25) is 4.79 Å². The fourth-order valence-electron chi connectivity index (χ4n) is 3.27. The molecule has 0 bridgehead atoms. The van der Waals surface area contributed by atoms with Crippen LogP contribution in [0.1, 0.15) is 5.56 Å². The Bertz CT molecular complexity index is 1250. The molecular weight excluding hydrogens is 480 g/mol. The van der Waals surface area contributed by atoms with E-state index in [2.05, 4.69) is 10.0 Å². The molecule has 2 N–H and O–H groups in total. The molecule has 0 aromatic heterocycles. The van der Waals surface area contributed by atoms with Gasteiger partial charge in [0.05, 0.1) is 27.0 Å². The minimum Gasteiger partial charge on any atom is -0.497 e. The largest absolute Gasteiger partial charge is 0.497 e. The number of hydrogen-bond acceptors (Lipinski definition) is 6. The van der Waals surface area contributed by atoms with Crippen LogP contribution >= 0.6 is 11.6 Å². The Morgan fingerprint density at radius 3 is 2.26 bits per heavy atom. The first-order chi connectivity index (χ1) is 16.3. The lowest BCUT2D eigenvalue weighted by Gasteiger charge is -2.20. The maximum absolute atomic E-state index is 13.3. The van der Waals surface area contributed by atoms with Gasteiger partial charge in [0.25, 0.3) is 0 Å². The highest BCUT2D eigenvalue weighted by atomic mass is 35.5. The Morgan fingerprint density at radius 2 is 1.62 bits per heavy atom. The number of amides is 1. The molecule has 180 valence electrons. The minimum atomic E-state index is -4.18. The highest BCUT2D eigenvalue weighted by molar-refractivity contribution is 7.89. The summed E-state index contributed by atoms with van der Waals surface area (Å²) >= 11 is 6.02. The molecule has 1 atom stereocenters. The molecule has 3 aromatic carbocycles. The summed E-state index contributed by atoms with van der Waals surface area (Å²) in [6, 6.07) is 17.0. The zero-order valence-corrected chi connectivity index (χ0v) is 20.4. The van der Waals surface area contributed by atoms with Crippen LogP contribution in [0.4, 0.5) is 5.69 Å². The van der Waals surface area contributed by atoms with E-state index in [1.165, 1.54) is 39.5 Å². The molecule has 0 radical (unpaired) electrons. The standard InChI is InChI=1S/C24H25ClN2O6S/c1-31-18-10-11-19(22(15-18)33-3)26-24(28)20(13-16-7-5-4-6-8-16)27-34(29,30)23-14-17(25)9-12-21(23)32-2/h4-12,14-15,20,27H,13H2,1-3H3,(H,26,28). The topological polar surface area (TPSA) is 103 Å². The van der Waals surface area contributed by atoms with Gasteiger partial charge in [0, 0.05) is 11.1 Å². The van der Waals surface area contributed by atoms with Crippen molar-refractivity contribution < 1.29 is 27.4 Å². The van der Waals surface area contributed by atoms with Gasteiger partial charge in [-0.05, 0) is 42.3 Å². The predicted molar refractivity (Wildman–Crippen MR) is 130 cm³/mol. The van der Waals surface area contributed by atoms with Crippen molar-refractivity contribution in [3.05, 3.63) is 77.3 Å². The Labute approximate surface area is 203 Å². The Morgan fingerprint density at radius 1 is 0.912 bits per heavy atom. The first-order valence-corrected chi connectivity index (χ1v) is 12.1. The zero-order valence-electron chi connectivity index (χ0n) is 18.9. The van der Waals surface area contributed by atoms with Gasteiger partial charge in [-0.25, -0.2) is 8.42 Å². The van der Waals surface area contributed by atoms with Gasteiger partial charge >= 0.3 is 0 Å². The first kappa shape index (κ1) is 25.4. The molecule has 0 aliphatic carbocycles. The Hall–Kier alpha value is -3.27. The van der Waals surface area contributed by atoms with Gasteiger partial charge in [-0.2, -0.15) is 4.72 Å². The number of methoxy groups -OCH3 is 3. The van der Waals surface area contributed by atoms with E-state index >= 15 is 0 Å². The third-order valence-electron chi connectivity index (χ3n) is 4.98. The Kier molecular flexibility index (Phi) is 8.38. The van der Waals surface area contributed by atoms with E-state index in [1.54, 1.807) is 18.2 Å². The number of anilines is 1. The van der Waals surface area contributed by atoms with Crippen molar-refractivity contribution in [3.8, 4) is 17.2 Å². The zero-order chi connectivity index (χ0) is 24.7. The van der Waals surface area contributed by atoms with Crippen LogP contribution in [0, 0.1) is 0 Å². The normalized spacial score (nSPS) is 12.0. The van der Waals surface area contributed by atoms with Crippen LogP contribution < -0.4 is 24.2 Å². The molecule has 0 heterocycles. The van der Waals surface area contributed by atoms with Crippen LogP contribution in [-0.2, 0) is 21.2 Å². The van der Waals surface area contributed by atoms with Gasteiger partial charge in [0.1, 0.15) is 28.2 Å². The van der Waals surface area contributed by atoms with Gasteiger partial charge in [0.15, 0.2) is 0 Å². The lowest BCUT2D eigenvalue weighted by Crippen LogP contribution is -2.45. The number of carbonyl (C=O) groups is 1. The van der Waals surface area contributed by atoms with Gasteiger partial charge in [-0.15, -0.1) is 0 Å². The molecule has 0 saturated heterocycles. The van der Waals surface area contributed by atoms with Crippen molar-refractivity contribution in [2.75, 3.05) is 26.6 Å². The van der Waals surface area contributed by atoms with Crippen molar-refractivity contribution in [3.63, 3.8) is 0 Å². The number of halogens is 1. The van der Waals surface area contributed by atoms with E-state index < -0.39 is 22.0 Å². The molecule has 1 unspecified atom stereocenters. The third kappa shape index (κ3) is 6.19. The summed E-state index contributed by atoms with van der Waals surface area (Å²) in [6.07, 6.45) is 0.104. The molecule has 3 aromatic rings. The number of carbonyl (C=O) groups excluding carboxylic acids is 1. The third-order valence-corrected chi connectivity index (χ3v) is 6.71. The minimum absolute atomic E-state index is 0.104. The lowest BCUT2D eigenvalue weighted by atomic mass is 10.1. The molecule has 0 spiro atoms. The van der Waals surface area contributed by atoms with Crippen molar-refractivity contribution >= 4 is 33.2 Å². The van der Waals surface area contributed by atoms with Gasteiger partial charge in [0.2, 0.25) is 15.9 Å². The van der Waals surface area contributed by atoms with Crippen molar-refractivity contribution in [1.29, 1.82) is 0 Å². The maximum atomic E-state index is 13.3. The summed E-state index contributed by atoms with van der Waals surface area (Å²) in [5.41, 5.74) is 1.14. The molecule has 0 aliphatic heterocycles. The van der Waals surface area contributed by atoms with Crippen LogP contribution in [0.15, 0.2) is 71.6 Å². The van der Waals surface area contributed by atoms with E-state index in [-0.39, 0.29) is 22.1 Å². The highest BCUT2D eigenvalue weighted by Gasteiger charge is 2.29. The molecule has 0 fully saturated rings. The number of ether oxygens (including phenoxy) is 3. The number of sulfonamides is 1. The molecule has 1 amide bonds.